The molecular weight excluding hydrogens is 484 g/mol. The highest BCUT2D eigenvalue weighted by Gasteiger charge is 2.54. The lowest BCUT2D eigenvalue weighted by Crippen LogP contribution is -2.35. The molecule has 0 aromatic heterocycles. The van der Waals surface area contributed by atoms with Gasteiger partial charge in [0.25, 0.3) is 0 Å². The Bertz CT molecular complexity index is 994. The van der Waals surface area contributed by atoms with Crippen molar-refractivity contribution < 1.29 is 19.4 Å². The Morgan fingerprint density at radius 1 is 1.15 bits per heavy atom. The van der Waals surface area contributed by atoms with E-state index in [1.807, 2.05) is 0 Å². The lowest BCUT2D eigenvalue weighted by Gasteiger charge is -2.44. The van der Waals surface area contributed by atoms with Gasteiger partial charge in [-0.2, -0.15) is 0 Å². The molecule has 0 bridgehead atoms. The van der Waals surface area contributed by atoms with E-state index in [4.69, 9.17) is 4.74 Å². The maximum atomic E-state index is 13.1. The molecule has 4 saturated carbocycles. The van der Waals surface area contributed by atoms with E-state index in [1.165, 1.54) is 31.3 Å². The summed E-state index contributed by atoms with van der Waals surface area (Å²) in [4.78, 5) is 25.9. The summed E-state index contributed by atoms with van der Waals surface area (Å²) in [6.45, 7) is 11.2. The number of methoxy groups -OCH3 is 1. The largest absolute Gasteiger partial charge is 0.396 e. The van der Waals surface area contributed by atoms with Gasteiger partial charge in [0.1, 0.15) is 5.78 Å². The van der Waals surface area contributed by atoms with Crippen molar-refractivity contribution in [1.29, 1.82) is 0 Å². The van der Waals surface area contributed by atoms with Gasteiger partial charge >= 0.3 is 0 Å². The maximum absolute atomic E-state index is 13.1. The summed E-state index contributed by atoms with van der Waals surface area (Å²) in [5.74, 6) is 1.76. The highest BCUT2D eigenvalue weighted by molar-refractivity contribution is 6.14. The van der Waals surface area contributed by atoms with Crippen LogP contribution in [0.3, 0.4) is 0 Å². The molecule has 0 unspecified atom stereocenters. The van der Waals surface area contributed by atoms with Crippen molar-refractivity contribution in [3.8, 4) is 0 Å². The fourth-order valence-electron chi connectivity index (χ4n) is 8.18. The summed E-state index contributed by atoms with van der Waals surface area (Å²) in [5, 5.41) is 9.84. The van der Waals surface area contributed by atoms with E-state index >= 15 is 0 Å². The molecule has 6 atom stereocenters. The van der Waals surface area contributed by atoms with E-state index < -0.39 is 5.41 Å². The summed E-state index contributed by atoms with van der Waals surface area (Å²) in [7, 11) is 1.73. The lowest BCUT2D eigenvalue weighted by molar-refractivity contribution is -0.132. The molecule has 0 amide bonds. The monoisotopic (exact) mass is 536 g/mol. The number of ether oxygens (including phenoxy) is 1. The third-order valence-electron chi connectivity index (χ3n) is 10.9. The molecule has 0 aromatic rings. The van der Waals surface area contributed by atoms with Crippen LogP contribution in [-0.2, 0) is 14.3 Å². The van der Waals surface area contributed by atoms with Crippen LogP contribution in [0.5, 0.6) is 0 Å². The first-order chi connectivity index (χ1) is 18.7. The molecule has 0 saturated heterocycles. The summed E-state index contributed by atoms with van der Waals surface area (Å²) in [6, 6.07) is 0. The number of fused-ring (bicyclic) bond motifs is 1. The highest BCUT2D eigenvalue weighted by Crippen LogP contribution is 2.59. The minimum atomic E-state index is -0.692. The normalized spacial score (nSPS) is 34.9. The zero-order valence-corrected chi connectivity index (χ0v) is 25.0. The van der Waals surface area contributed by atoms with Gasteiger partial charge in [0.05, 0.1) is 11.5 Å². The van der Waals surface area contributed by atoms with Crippen molar-refractivity contribution in [2.24, 2.45) is 34.5 Å². The van der Waals surface area contributed by atoms with Gasteiger partial charge in [0, 0.05) is 26.1 Å². The Labute approximate surface area is 237 Å². The third-order valence-corrected chi connectivity index (χ3v) is 10.9. The minimum absolute atomic E-state index is 0.00945. The zero-order valence-electron chi connectivity index (χ0n) is 25.0. The van der Waals surface area contributed by atoms with Crippen LogP contribution in [0.4, 0.5) is 0 Å². The Balaban J connectivity index is 1.42. The number of rotatable bonds is 12. The van der Waals surface area contributed by atoms with Gasteiger partial charge in [-0.05, 0) is 99.0 Å². The van der Waals surface area contributed by atoms with Crippen molar-refractivity contribution >= 4 is 11.6 Å². The molecule has 4 aliphatic rings. The quantitative estimate of drug-likeness (QED) is 0.120. The van der Waals surface area contributed by atoms with E-state index in [2.05, 4.69) is 45.6 Å². The molecule has 4 heteroatoms. The van der Waals surface area contributed by atoms with Gasteiger partial charge in [-0.25, -0.2) is 0 Å². The Morgan fingerprint density at radius 2 is 1.92 bits per heavy atom. The molecule has 0 radical (unpaired) electrons. The van der Waals surface area contributed by atoms with Crippen molar-refractivity contribution in [3.63, 3.8) is 0 Å². The number of aliphatic hydroxyl groups is 1. The molecule has 4 rings (SSSR count). The van der Waals surface area contributed by atoms with Crippen LogP contribution < -0.4 is 0 Å². The predicted octanol–water partition coefficient (Wildman–Crippen LogP) is 7.72. The van der Waals surface area contributed by atoms with E-state index in [0.717, 1.165) is 56.9 Å². The zero-order chi connectivity index (χ0) is 28.2. The smallest absolute Gasteiger partial charge is 0.168 e. The summed E-state index contributed by atoms with van der Waals surface area (Å²) >= 11 is 0. The highest BCUT2D eigenvalue weighted by atomic mass is 16.5. The molecule has 4 fully saturated rings. The molecule has 4 aliphatic carbocycles. The molecule has 0 spiro atoms. The molecule has 0 aromatic carbocycles. The van der Waals surface area contributed by atoms with E-state index in [-0.39, 0.29) is 35.6 Å². The fourth-order valence-corrected chi connectivity index (χ4v) is 8.18. The van der Waals surface area contributed by atoms with Crippen LogP contribution in [0, 0.1) is 34.5 Å². The average molecular weight is 537 g/mol. The van der Waals surface area contributed by atoms with E-state index in [9.17, 15) is 14.7 Å². The minimum Gasteiger partial charge on any atom is -0.396 e. The Morgan fingerprint density at radius 3 is 2.59 bits per heavy atom. The number of allylic oxidation sites excluding steroid dienone is 5. The molecule has 39 heavy (non-hydrogen) atoms. The van der Waals surface area contributed by atoms with Gasteiger partial charge in [-0.1, -0.05) is 69.6 Å². The Hall–Kier alpha value is -1.78. The van der Waals surface area contributed by atoms with Crippen molar-refractivity contribution in [3.05, 3.63) is 47.6 Å². The number of hydrogen-bond acceptors (Lipinski definition) is 4. The standard InChI is InChI=1S/C35H52O4/c1-6-7-8-11-32(37)35(19-20-35)33(38)17-12-24(2)29-15-16-30-27(10-9-18-34(29,30)4)14-13-26-21-28(23-36)25(3)31(22-26)39-5/h12-14,17,24,28-31,36H,3,6-11,15-16,18-23H2,1-2,4-5H3/b17-12+,26-13-,27-14+/t24-,28+,29-,30+,31-,34-/m1/s1. The second-order valence-electron chi connectivity index (χ2n) is 13.3. The maximum Gasteiger partial charge on any atom is 0.168 e. The van der Waals surface area contributed by atoms with Gasteiger partial charge in [-0.15, -0.1) is 0 Å². The first-order valence-corrected chi connectivity index (χ1v) is 15.7. The first-order valence-electron chi connectivity index (χ1n) is 15.7. The lowest BCUT2D eigenvalue weighted by atomic mass is 9.61. The van der Waals surface area contributed by atoms with Gasteiger partial charge in [-0.3, -0.25) is 9.59 Å². The summed E-state index contributed by atoms with van der Waals surface area (Å²) < 4.78 is 5.66. The van der Waals surface area contributed by atoms with Gasteiger partial charge in [0.15, 0.2) is 5.78 Å². The van der Waals surface area contributed by atoms with Gasteiger partial charge in [0.2, 0.25) is 0 Å². The topological polar surface area (TPSA) is 63.6 Å². The average Bonchev–Trinajstić information content (AvgIpc) is 3.67. The number of Topliss-reactive ketones (excluding diaryl/α,β-unsaturated/α-hetero) is 1. The van der Waals surface area contributed by atoms with Crippen LogP contribution in [-0.4, -0.2) is 36.5 Å². The predicted molar refractivity (Wildman–Crippen MR) is 158 cm³/mol. The second kappa shape index (κ2) is 12.8. The van der Waals surface area contributed by atoms with Crippen LogP contribution in [0.1, 0.15) is 104 Å². The van der Waals surface area contributed by atoms with Gasteiger partial charge < -0.3 is 9.84 Å². The molecular formula is C35H52O4. The van der Waals surface area contributed by atoms with Crippen molar-refractivity contribution in [2.75, 3.05) is 13.7 Å². The number of hydrogen-bond donors (Lipinski definition) is 1. The number of ketones is 2. The number of carbonyl (C=O) groups excluding carboxylic acids is 2. The third kappa shape index (κ3) is 6.27. The first kappa shape index (κ1) is 30.2. The van der Waals surface area contributed by atoms with Crippen LogP contribution >= 0.6 is 0 Å². The Kier molecular flexibility index (Phi) is 9.92. The number of unbranched alkanes of at least 4 members (excludes halogenated alkanes) is 2. The molecule has 4 nitrogen and oxygen atoms in total. The summed E-state index contributed by atoms with van der Waals surface area (Å²) in [6.07, 6.45) is 21.4. The van der Waals surface area contributed by atoms with Crippen molar-refractivity contribution in [2.45, 2.75) is 110 Å². The molecule has 216 valence electrons. The number of aliphatic hydroxyl groups excluding tert-OH is 1. The van der Waals surface area contributed by atoms with Crippen LogP contribution in [0.15, 0.2) is 47.6 Å². The summed E-state index contributed by atoms with van der Waals surface area (Å²) in [5.41, 5.74) is 3.48. The van der Waals surface area contributed by atoms with E-state index in [0.29, 0.717) is 24.2 Å². The fraction of sp³-hybridized carbons (Fsp3) is 0.714. The van der Waals surface area contributed by atoms with Crippen molar-refractivity contribution in [1.82, 2.24) is 0 Å². The number of carbonyl (C=O) groups is 2. The van der Waals surface area contributed by atoms with Crippen LogP contribution in [0.25, 0.3) is 0 Å². The van der Waals surface area contributed by atoms with Crippen LogP contribution in [0.2, 0.25) is 0 Å². The SMILES string of the molecule is C=C1[C@H](CO)C/C(=C/C=C2\CCC[C@]3(C)[C@@H]([C@H](C)/C=C/C(=O)C4(C(=O)CCCCC)CC4)CC[C@@H]23)C[C@H]1OC. The molecule has 0 aliphatic heterocycles. The molecule has 1 N–H and O–H groups in total. The second-order valence-corrected chi connectivity index (χ2v) is 13.3. The van der Waals surface area contributed by atoms with E-state index in [1.54, 1.807) is 18.8 Å². The molecule has 0 heterocycles.